The number of amides is 6. The van der Waals surface area contributed by atoms with Gasteiger partial charge in [0.05, 0.1) is 34.3 Å². The zero-order valence-electron chi connectivity index (χ0n) is 49.3. The molecule has 0 saturated heterocycles. The van der Waals surface area contributed by atoms with E-state index in [2.05, 4.69) is 40.8 Å². The number of thiazole rings is 1. The highest BCUT2D eigenvalue weighted by molar-refractivity contribution is 7.22. The van der Waals surface area contributed by atoms with E-state index in [-0.39, 0.29) is 83.1 Å². The number of hydrogen-bond acceptors (Lipinski definition) is 13. The Balaban J connectivity index is 0.660. The van der Waals surface area contributed by atoms with E-state index in [1.807, 2.05) is 78.3 Å². The number of carboxylic acid groups (broad SMARTS) is 1. The van der Waals surface area contributed by atoms with Crippen LogP contribution in [0.15, 0.2) is 115 Å². The van der Waals surface area contributed by atoms with E-state index < -0.39 is 12.1 Å². The molecule has 20 heteroatoms. The van der Waals surface area contributed by atoms with Crippen molar-refractivity contribution in [2.24, 2.45) is 16.2 Å². The Kier molecular flexibility index (Phi) is 17.1. The summed E-state index contributed by atoms with van der Waals surface area (Å²) in [5.74, 6) is -2.55. The molecule has 0 spiro atoms. The van der Waals surface area contributed by atoms with Crippen LogP contribution in [0.2, 0.25) is 0 Å². The second-order valence-electron chi connectivity index (χ2n) is 24.7. The predicted molar refractivity (Wildman–Crippen MR) is 332 cm³/mol. The molecular formula is C67H70N9O10S. The fourth-order valence-electron chi connectivity index (χ4n) is 14.6. The third-order valence-electron chi connectivity index (χ3n) is 17.3. The van der Waals surface area contributed by atoms with Crippen molar-refractivity contribution < 1.29 is 48.1 Å². The Hall–Kier alpha value is -8.88. The topological polar surface area (TPSA) is 244 Å². The molecule has 4 N–H and O–H groups in total. The zero-order chi connectivity index (χ0) is 61.1. The Morgan fingerprint density at radius 1 is 0.828 bits per heavy atom. The Bertz CT molecular complexity index is 3850. The van der Waals surface area contributed by atoms with E-state index in [1.54, 1.807) is 49.7 Å². The van der Waals surface area contributed by atoms with Crippen LogP contribution in [0.4, 0.5) is 15.6 Å². The number of pyridine rings is 1. The van der Waals surface area contributed by atoms with Crippen LogP contribution in [0.25, 0.3) is 49.4 Å². The Morgan fingerprint density at radius 3 is 2.40 bits per heavy atom. The second kappa shape index (κ2) is 24.8. The molecule has 4 bridgehead atoms. The highest BCUT2D eigenvalue weighted by atomic mass is 32.1. The van der Waals surface area contributed by atoms with Crippen molar-refractivity contribution in [2.45, 2.75) is 104 Å². The van der Waals surface area contributed by atoms with Gasteiger partial charge in [-0.3, -0.25) is 38.9 Å². The monoisotopic (exact) mass is 1190 g/mol. The maximum atomic E-state index is 13.7. The van der Waals surface area contributed by atoms with E-state index >= 15 is 0 Å². The third-order valence-corrected chi connectivity index (χ3v) is 18.2. The van der Waals surface area contributed by atoms with E-state index in [0.717, 1.165) is 65.4 Å². The first-order chi connectivity index (χ1) is 41.8. The fraction of sp³-hybridized carbons (Fsp3) is 0.373. The van der Waals surface area contributed by atoms with Crippen molar-refractivity contribution in [1.29, 1.82) is 0 Å². The standard InChI is InChI=1S/C67H70N9O10S/c1-43-51(48-23-24-52(71-59(48)61(82)83)46-22-21-45-15-11-17-49(50(45)34-46)60(81)73-62-72-53-18-7-8-19-54(53)87-62)35-69-76(43)42-66-37-64(2)36-65(3,38-66)40-67(39-64,41-66)86-32-30-74(4)63(84)85-31-12-14-44-13-10-16-47(33-44)70-56(78)27-28-68-55(77)20-6-5-9-29-75-57(79)25-26-58(75)80/h7-8,10-15,17-19,21-26,33-35H,5-6,9,20,27-32,36-42H2,1-4H3,(H,68,77)(H,70,78)(H,82,83)(H,72,73,81)/b14-12+. The van der Waals surface area contributed by atoms with E-state index in [9.17, 15) is 38.7 Å². The predicted octanol–water partition coefficient (Wildman–Crippen LogP) is 11.3. The molecule has 12 rings (SSSR count). The molecule has 5 aliphatic rings. The van der Waals surface area contributed by atoms with Crippen LogP contribution in [0.3, 0.4) is 0 Å². The second-order valence-corrected chi connectivity index (χ2v) is 25.7. The lowest BCUT2D eigenvalue weighted by Gasteiger charge is -2.69. The average molecular weight is 1190 g/mol. The zero-order valence-corrected chi connectivity index (χ0v) is 50.1. The first-order valence-corrected chi connectivity index (χ1v) is 30.4. The number of carbonyl (C=O) groups excluding carboxylic acids is 6. The summed E-state index contributed by atoms with van der Waals surface area (Å²) in [5, 5.41) is 26.2. The van der Waals surface area contributed by atoms with Crippen molar-refractivity contribution in [2.75, 3.05) is 50.5 Å². The molecule has 19 nitrogen and oxygen atoms in total. The lowest BCUT2D eigenvalue weighted by Crippen LogP contribution is -2.64. The van der Waals surface area contributed by atoms with Crippen molar-refractivity contribution in [3.8, 4) is 22.4 Å². The summed E-state index contributed by atoms with van der Waals surface area (Å²) in [6.45, 7) is 8.58. The number of hydrogen-bond donors (Lipinski definition) is 4. The molecule has 4 fully saturated rings. The highest BCUT2D eigenvalue weighted by Gasteiger charge is 2.66. The van der Waals surface area contributed by atoms with E-state index in [4.69, 9.17) is 19.6 Å². The minimum absolute atomic E-state index is 0.0266. The van der Waals surface area contributed by atoms with Gasteiger partial charge in [-0.05, 0) is 139 Å². The van der Waals surface area contributed by atoms with Gasteiger partial charge in [0.25, 0.3) is 17.7 Å². The van der Waals surface area contributed by atoms with Crippen LogP contribution in [0, 0.1) is 29.2 Å². The van der Waals surface area contributed by atoms with Gasteiger partial charge in [-0.1, -0.05) is 86.2 Å². The summed E-state index contributed by atoms with van der Waals surface area (Å²) in [5.41, 5.74) is 5.08. The Labute approximate surface area is 508 Å². The fourth-order valence-corrected chi connectivity index (χ4v) is 15.5. The molecule has 4 heterocycles. The molecular weight excluding hydrogens is 1120 g/mol. The quantitative estimate of drug-likeness (QED) is 0.0325. The minimum atomic E-state index is -1.16. The van der Waals surface area contributed by atoms with Crippen molar-refractivity contribution in [3.05, 3.63) is 144 Å². The Morgan fingerprint density at radius 2 is 1.62 bits per heavy atom. The number of para-hydroxylation sites is 1. The van der Waals surface area contributed by atoms with Crippen LogP contribution >= 0.6 is 11.3 Å². The van der Waals surface area contributed by atoms with Crippen LogP contribution in [0.1, 0.15) is 117 Å². The van der Waals surface area contributed by atoms with Crippen LogP contribution < -0.4 is 16.0 Å². The number of carboxylic acids is 1. The van der Waals surface area contributed by atoms with Crippen LogP contribution in [-0.2, 0) is 35.2 Å². The van der Waals surface area contributed by atoms with Gasteiger partial charge >= 0.3 is 12.1 Å². The normalized spacial score (nSPS) is 21.1. The van der Waals surface area contributed by atoms with Gasteiger partial charge in [0.1, 0.15) is 6.61 Å². The number of aromatic nitrogens is 4. The average Bonchev–Trinajstić information content (AvgIpc) is 1.09. The van der Waals surface area contributed by atoms with Crippen LogP contribution in [-0.4, -0.2) is 122 Å². The lowest BCUT2D eigenvalue weighted by molar-refractivity contribution is -0.248. The summed E-state index contributed by atoms with van der Waals surface area (Å²) < 4.78 is 15.6. The summed E-state index contributed by atoms with van der Waals surface area (Å²) in [6, 6.07) is 30.8. The van der Waals surface area contributed by atoms with Crippen molar-refractivity contribution in [1.82, 2.24) is 34.9 Å². The third kappa shape index (κ3) is 13.6. The largest absolute Gasteiger partial charge is 0.476 e. The summed E-state index contributed by atoms with van der Waals surface area (Å²) in [6.07, 6.45) is 15.3. The number of nitrogens with one attached hydrogen (secondary N) is 3. The first-order valence-electron chi connectivity index (χ1n) is 29.5. The van der Waals surface area contributed by atoms with Gasteiger partial charge in [0, 0.05) is 97.9 Å². The summed E-state index contributed by atoms with van der Waals surface area (Å²) >= 11 is 1.40. The summed E-state index contributed by atoms with van der Waals surface area (Å²) in [7, 11) is 1.70. The number of nitrogens with zero attached hydrogens (tertiary/aromatic N) is 6. The van der Waals surface area contributed by atoms with Crippen molar-refractivity contribution in [3.63, 3.8) is 0 Å². The maximum Gasteiger partial charge on any atom is 0.409 e. The number of unbranched alkanes of at least 4 members (excludes halogenated alkanes) is 2. The van der Waals surface area contributed by atoms with Gasteiger partial charge in [0.2, 0.25) is 11.8 Å². The molecule has 4 saturated carbocycles. The number of rotatable bonds is 24. The van der Waals surface area contributed by atoms with Gasteiger partial charge in [-0.25, -0.2) is 19.6 Å². The number of benzene rings is 4. The van der Waals surface area contributed by atoms with Gasteiger partial charge in [0.15, 0.2) is 10.8 Å². The molecule has 4 aliphatic carbocycles. The molecule has 7 aromatic rings. The van der Waals surface area contributed by atoms with Gasteiger partial charge in [-0.15, -0.1) is 0 Å². The minimum Gasteiger partial charge on any atom is -0.476 e. The molecule has 1 radical (unpaired) electrons. The maximum absolute atomic E-state index is 13.7. The molecule has 3 aromatic heterocycles. The number of ether oxygens (including phenoxy) is 2. The number of carbonyl (C=O) groups is 7. The molecule has 1 aliphatic heterocycles. The molecule has 449 valence electrons. The molecule has 4 aromatic carbocycles. The smallest absolute Gasteiger partial charge is 0.409 e. The number of imide groups is 1. The van der Waals surface area contributed by atoms with E-state index in [1.165, 1.54) is 33.3 Å². The number of likely N-dealkylation sites (N-methyl/N-ethyl adjacent to an activating group) is 1. The number of aromatic carboxylic acids is 1. The molecule has 6 amide bonds. The van der Waals surface area contributed by atoms with Crippen molar-refractivity contribution >= 4 is 90.8 Å². The molecule has 2 unspecified atom stereocenters. The lowest BCUT2D eigenvalue weighted by atomic mass is 9.39. The van der Waals surface area contributed by atoms with Gasteiger partial charge in [-0.2, -0.15) is 5.10 Å². The van der Waals surface area contributed by atoms with Crippen LogP contribution in [0.5, 0.6) is 0 Å². The molecule has 87 heavy (non-hydrogen) atoms. The number of fused-ring (bicyclic) bond motifs is 2. The number of anilines is 2. The van der Waals surface area contributed by atoms with Gasteiger partial charge < -0.3 is 30.1 Å². The molecule has 2 atom stereocenters. The van der Waals surface area contributed by atoms with E-state index in [0.29, 0.717) is 89.7 Å². The summed E-state index contributed by atoms with van der Waals surface area (Å²) in [4.78, 5) is 100. The SMILES string of the molecule is Cc1c(-c2ccc(-c3ccc4cccc(C(=O)Nc5nc6ccccc6s5)c4c3)nc2C(=O)O)cnn1CC12CC3(C)CC(C)(C1)CC(OCCN(C)C(=O)OC/C=C/c1cc[c]c(NC(=O)CCNC(=O)CCCCCN4C(=O)C=CC4=O)c1)(C3)C2. The first kappa shape index (κ1) is 59.8. The highest BCUT2D eigenvalue weighted by Crippen LogP contribution is 2.72.